The summed E-state index contributed by atoms with van der Waals surface area (Å²) in [6.45, 7) is 5.42. The second kappa shape index (κ2) is 6.21. The summed E-state index contributed by atoms with van der Waals surface area (Å²) >= 11 is 0. The summed E-state index contributed by atoms with van der Waals surface area (Å²) in [7, 11) is 0. The molecule has 16 heavy (non-hydrogen) atoms. The molecule has 94 valence electrons. The molecule has 0 aromatic rings. The zero-order chi connectivity index (χ0) is 12.0. The molecule has 1 atom stereocenters. The van der Waals surface area contributed by atoms with Crippen molar-refractivity contribution in [3.8, 4) is 0 Å². The van der Waals surface area contributed by atoms with Crippen molar-refractivity contribution in [3.05, 3.63) is 0 Å². The summed E-state index contributed by atoms with van der Waals surface area (Å²) in [6.07, 6.45) is 4.21. The van der Waals surface area contributed by atoms with Gasteiger partial charge in [0.15, 0.2) is 0 Å². The van der Waals surface area contributed by atoms with E-state index in [0.29, 0.717) is 19.5 Å². The Bertz CT molecular complexity index is 225. The highest BCUT2D eigenvalue weighted by Gasteiger charge is 2.21. The highest BCUT2D eigenvalue weighted by Crippen LogP contribution is 2.27. The van der Waals surface area contributed by atoms with Crippen molar-refractivity contribution in [2.45, 2.75) is 45.1 Å². The smallest absolute Gasteiger partial charge is 0.234 e. The van der Waals surface area contributed by atoms with Crippen molar-refractivity contribution in [3.63, 3.8) is 0 Å². The van der Waals surface area contributed by atoms with E-state index in [-0.39, 0.29) is 5.91 Å². The molecule has 1 rings (SSSR count). The van der Waals surface area contributed by atoms with E-state index in [1.54, 1.807) is 6.92 Å². The lowest BCUT2D eigenvalue weighted by molar-refractivity contribution is -0.121. The van der Waals surface area contributed by atoms with Crippen LogP contribution < -0.4 is 10.6 Å². The van der Waals surface area contributed by atoms with E-state index >= 15 is 0 Å². The quantitative estimate of drug-likeness (QED) is 0.572. The van der Waals surface area contributed by atoms with Crippen LogP contribution in [0.25, 0.3) is 0 Å². The maximum atomic E-state index is 11.4. The van der Waals surface area contributed by atoms with E-state index in [9.17, 15) is 9.90 Å². The van der Waals surface area contributed by atoms with Crippen molar-refractivity contribution in [1.82, 2.24) is 10.6 Å². The van der Waals surface area contributed by atoms with Gasteiger partial charge in [-0.2, -0.15) is 0 Å². The molecule has 1 aliphatic carbocycles. The van der Waals surface area contributed by atoms with Gasteiger partial charge in [-0.25, -0.2) is 0 Å². The molecule has 1 unspecified atom stereocenters. The molecule has 1 amide bonds. The molecule has 0 heterocycles. The minimum absolute atomic E-state index is 0.0305. The Hall–Kier alpha value is -0.610. The summed E-state index contributed by atoms with van der Waals surface area (Å²) in [4.78, 5) is 11.4. The van der Waals surface area contributed by atoms with Gasteiger partial charge in [0.05, 0.1) is 12.1 Å². The third-order valence-electron chi connectivity index (χ3n) is 2.87. The molecule has 3 N–H and O–H groups in total. The van der Waals surface area contributed by atoms with Crippen LogP contribution in [0.2, 0.25) is 0 Å². The average Bonchev–Trinajstić information content (AvgIpc) is 2.99. The molecule has 0 aromatic carbocycles. The predicted octanol–water partition coefficient (Wildman–Crippen LogP) is 0.653. The van der Waals surface area contributed by atoms with E-state index in [4.69, 9.17) is 0 Å². The van der Waals surface area contributed by atoms with Gasteiger partial charge in [0.2, 0.25) is 5.91 Å². The van der Waals surface area contributed by atoms with Gasteiger partial charge >= 0.3 is 0 Å². The van der Waals surface area contributed by atoms with Gasteiger partial charge in [-0.05, 0) is 38.6 Å². The number of carbonyl (C=O) groups excluding carboxylic acids is 1. The van der Waals surface area contributed by atoms with E-state index in [1.165, 1.54) is 12.8 Å². The van der Waals surface area contributed by atoms with Gasteiger partial charge in [-0.15, -0.1) is 0 Å². The van der Waals surface area contributed by atoms with Gasteiger partial charge in [0.1, 0.15) is 0 Å². The molecule has 4 heteroatoms. The van der Waals surface area contributed by atoms with Crippen LogP contribution in [0, 0.1) is 5.92 Å². The summed E-state index contributed by atoms with van der Waals surface area (Å²) in [6, 6.07) is 0. The number of aliphatic hydroxyl groups is 1. The molecule has 0 aliphatic heterocycles. The first-order chi connectivity index (χ1) is 7.53. The number of rotatable bonds is 8. The minimum Gasteiger partial charge on any atom is -0.388 e. The molecule has 1 saturated carbocycles. The largest absolute Gasteiger partial charge is 0.388 e. The fourth-order valence-corrected chi connectivity index (χ4v) is 1.69. The highest BCUT2D eigenvalue weighted by molar-refractivity contribution is 5.78. The maximum Gasteiger partial charge on any atom is 0.234 e. The lowest BCUT2D eigenvalue weighted by Gasteiger charge is -2.22. The van der Waals surface area contributed by atoms with Crippen LogP contribution in [-0.4, -0.2) is 36.2 Å². The number of carbonyl (C=O) groups is 1. The van der Waals surface area contributed by atoms with Crippen LogP contribution >= 0.6 is 0 Å². The Labute approximate surface area is 97.8 Å². The van der Waals surface area contributed by atoms with Gasteiger partial charge in [-0.1, -0.05) is 13.3 Å². The standard InChI is InChI=1S/C12H24N2O2/c1-3-6-12(2,16)9-14-11(15)8-13-7-10-4-5-10/h10,13,16H,3-9H2,1-2H3,(H,14,15). The summed E-state index contributed by atoms with van der Waals surface area (Å²) < 4.78 is 0. The van der Waals surface area contributed by atoms with Crippen LogP contribution in [0.15, 0.2) is 0 Å². The summed E-state index contributed by atoms with van der Waals surface area (Å²) in [5.74, 6) is 0.757. The van der Waals surface area contributed by atoms with Gasteiger partial charge in [0.25, 0.3) is 0 Å². The Balaban J connectivity index is 2.03. The van der Waals surface area contributed by atoms with Crippen LogP contribution in [0.1, 0.15) is 39.5 Å². The number of nitrogens with one attached hydrogen (secondary N) is 2. The molecule has 0 spiro atoms. The summed E-state index contributed by atoms with van der Waals surface area (Å²) in [5, 5.41) is 15.7. The molecular formula is C12H24N2O2. The van der Waals surface area contributed by atoms with Crippen LogP contribution in [0.3, 0.4) is 0 Å². The van der Waals surface area contributed by atoms with Crippen molar-refractivity contribution < 1.29 is 9.90 Å². The van der Waals surface area contributed by atoms with Crippen molar-refractivity contribution in [2.75, 3.05) is 19.6 Å². The molecule has 0 aromatic heterocycles. The first-order valence-electron chi connectivity index (χ1n) is 6.23. The third kappa shape index (κ3) is 6.08. The first kappa shape index (κ1) is 13.5. The van der Waals surface area contributed by atoms with Crippen LogP contribution in [0.5, 0.6) is 0 Å². The van der Waals surface area contributed by atoms with Crippen LogP contribution in [0.4, 0.5) is 0 Å². The first-order valence-corrected chi connectivity index (χ1v) is 6.23. The molecule has 1 fully saturated rings. The second-order valence-electron chi connectivity index (χ2n) is 5.10. The third-order valence-corrected chi connectivity index (χ3v) is 2.87. The van der Waals surface area contributed by atoms with Crippen molar-refractivity contribution in [2.24, 2.45) is 5.92 Å². The van der Waals surface area contributed by atoms with Crippen molar-refractivity contribution in [1.29, 1.82) is 0 Å². The number of amides is 1. The monoisotopic (exact) mass is 228 g/mol. The molecule has 0 saturated heterocycles. The van der Waals surface area contributed by atoms with Gasteiger partial charge in [-0.3, -0.25) is 4.79 Å². The van der Waals surface area contributed by atoms with Crippen LogP contribution in [-0.2, 0) is 4.79 Å². The second-order valence-corrected chi connectivity index (χ2v) is 5.10. The van der Waals surface area contributed by atoms with Gasteiger partial charge in [0, 0.05) is 6.54 Å². The average molecular weight is 228 g/mol. The zero-order valence-electron chi connectivity index (χ0n) is 10.4. The Morgan fingerprint density at radius 3 is 2.75 bits per heavy atom. The minimum atomic E-state index is -0.777. The molecule has 4 nitrogen and oxygen atoms in total. The van der Waals surface area contributed by atoms with E-state index < -0.39 is 5.60 Å². The zero-order valence-corrected chi connectivity index (χ0v) is 10.4. The van der Waals surface area contributed by atoms with Gasteiger partial charge < -0.3 is 15.7 Å². The molecule has 0 radical (unpaired) electrons. The lowest BCUT2D eigenvalue weighted by atomic mass is 10.0. The predicted molar refractivity (Wildman–Crippen MR) is 64.1 cm³/mol. The lowest BCUT2D eigenvalue weighted by Crippen LogP contribution is -2.43. The molecule has 0 bridgehead atoms. The normalized spacial score (nSPS) is 19.2. The fraction of sp³-hybridized carbons (Fsp3) is 0.917. The van der Waals surface area contributed by atoms with E-state index in [1.807, 2.05) is 6.92 Å². The van der Waals surface area contributed by atoms with E-state index in [2.05, 4.69) is 10.6 Å². The Morgan fingerprint density at radius 2 is 2.19 bits per heavy atom. The molecular weight excluding hydrogens is 204 g/mol. The summed E-state index contributed by atoms with van der Waals surface area (Å²) in [5.41, 5.74) is -0.777. The highest BCUT2D eigenvalue weighted by atomic mass is 16.3. The van der Waals surface area contributed by atoms with Crippen molar-refractivity contribution >= 4 is 5.91 Å². The SMILES string of the molecule is CCCC(C)(O)CNC(=O)CNCC1CC1. The topological polar surface area (TPSA) is 61.4 Å². The fourth-order valence-electron chi connectivity index (χ4n) is 1.69. The number of hydrogen-bond donors (Lipinski definition) is 3. The Kier molecular flexibility index (Phi) is 5.22. The Morgan fingerprint density at radius 1 is 1.50 bits per heavy atom. The molecule has 1 aliphatic rings. The maximum absolute atomic E-state index is 11.4. The number of hydrogen-bond acceptors (Lipinski definition) is 3. The van der Waals surface area contributed by atoms with E-state index in [0.717, 1.165) is 18.9 Å².